The molecule has 0 amide bonds. The maximum atomic E-state index is 14.1. The molecule has 2 N–H and O–H groups in total. The molecular weight excluding hydrogens is 280 g/mol. The zero-order chi connectivity index (χ0) is 14.3. The van der Waals surface area contributed by atoms with Gasteiger partial charge in [0, 0.05) is 10.9 Å². The summed E-state index contributed by atoms with van der Waals surface area (Å²) in [7, 11) is 0. The van der Waals surface area contributed by atoms with Crippen molar-refractivity contribution in [3.8, 4) is 5.69 Å². The number of para-hydroxylation sites is 1. The van der Waals surface area contributed by atoms with Crippen molar-refractivity contribution in [1.29, 1.82) is 0 Å². The summed E-state index contributed by atoms with van der Waals surface area (Å²) in [5, 5.41) is 4.83. The van der Waals surface area contributed by atoms with E-state index >= 15 is 0 Å². The molecule has 0 aliphatic heterocycles. The monoisotopic (exact) mass is 289 g/mol. The number of fused-ring (bicyclic) bond motifs is 1. The van der Waals surface area contributed by atoms with Crippen molar-refractivity contribution in [3.63, 3.8) is 0 Å². The molecule has 3 nitrogen and oxygen atoms in total. The predicted octanol–water partition coefficient (Wildman–Crippen LogP) is 2.94. The number of thiocarbonyl (C=S) groups is 1. The third-order valence-electron chi connectivity index (χ3n) is 2.99. The van der Waals surface area contributed by atoms with Gasteiger partial charge in [0.15, 0.2) is 11.6 Å². The molecule has 1 aromatic heterocycles. The smallest absolute Gasteiger partial charge is 0.152 e. The van der Waals surface area contributed by atoms with Crippen LogP contribution in [0.3, 0.4) is 0 Å². The van der Waals surface area contributed by atoms with Gasteiger partial charge >= 0.3 is 0 Å². The Bertz CT molecular complexity index is 803. The van der Waals surface area contributed by atoms with Crippen LogP contribution in [0.1, 0.15) is 5.56 Å². The van der Waals surface area contributed by atoms with Gasteiger partial charge in [0.25, 0.3) is 0 Å². The molecule has 100 valence electrons. The molecule has 0 aliphatic carbocycles. The van der Waals surface area contributed by atoms with E-state index < -0.39 is 11.6 Å². The molecule has 0 aliphatic rings. The minimum absolute atomic E-state index is 0.0559. The number of nitrogens with zero attached hydrogens (tertiary/aromatic N) is 2. The summed E-state index contributed by atoms with van der Waals surface area (Å²) in [5.74, 6) is -1.52. The molecule has 3 rings (SSSR count). The highest BCUT2D eigenvalue weighted by atomic mass is 32.1. The summed E-state index contributed by atoms with van der Waals surface area (Å²) in [6.45, 7) is 0. The molecule has 6 heteroatoms. The number of hydrogen-bond acceptors (Lipinski definition) is 2. The third-order valence-corrected chi connectivity index (χ3v) is 3.23. The van der Waals surface area contributed by atoms with E-state index in [0.717, 1.165) is 17.5 Å². The largest absolute Gasteiger partial charge is 0.389 e. The molecule has 0 atom stereocenters. The maximum Gasteiger partial charge on any atom is 0.152 e. The Balaban J connectivity index is 2.27. The lowest BCUT2D eigenvalue weighted by atomic mass is 10.2. The summed E-state index contributed by atoms with van der Waals surface area (Å²) >= 11 is 4.72. The quantitative estimate of drug-likeness (QED) is 0.738. The zero-order valence-corrected chi connectivity index (χ0v) is 11.0. The standard InChI is InChI=1S/C14H9F2N3S/c15-10-5-9(14(17)20)6-11(16)13(10)19-12-4-2-1-3-8(12)7-18-19/h1-7H,(H2,17,20). The zero-order valence-electron chi connectivity index (χ0n) is 10.2. The fourth-order valence-electron chi connectivity index (χ4n) is 2.06. The van der Waals surface area contributed by atoms with Gasteiger partial charge in [0.1, 0.15) is 10.7 Å². The number of aromatic nitrogens is 2. The van der Waals surface area contributed by atoms with E-state index in [1.54, 1.807) is 18.3 Å². The van der Waals surface area contributed by atoms with E-state index in [0.29, 0.717) is 5.52 Å². The average molecular weight is 289 g/mol. The predicted molar refractivity (Wildman–Crippen MR) is 76.9 cm³/mol. The van der Waals surface area contributed by atoms with E-state index in [-0.39, 0.29) is 16.2 Å². The van der Waals surface area contributed by atoms with Crippen LogP contribution in [-0.2, 0) is 0 Å². The first-order valence-electron chi connectivity index (χ1n) is 5.80. The number of nitrogens with two attached hydrogens (primary N) is 1. The molecule has 0 radical (unpaired) electrons. The van der Waals surface area contributed by atoms with Crippen molar-refractivity contribution >= 4 is 28.1 Å². The lowest BCUT2D eigenvalue weighted by Crippen LogP contribution is -2.12. The van der Waals surface area contributed by atoms with Crippen LogP contribution in [0, 0.1) is 11.6 Å². The van der Waals surface area contributed by atoms with Crippen LogP contribution >= 0.6 is 12.2 Å². The number of rotatable bonds is 2. The van der Waals surface area contributed by atoms with Crippen molar-refractivity contribution in [2.75, 3.05) is 0 Å². The Kier molecular flexibility index (Phi) is 2.94. The van der Waals surface area contributed by atoms with Gasteiger partial charge in [-0.3, -0.25) is 0 Å². The second-order valence-corrected chi connectivity index (χ2v) is 4.71. The molecule has 0 unspecified atom stereocenters. The molecule has 0 fully saturated rings. The van der Waals surface area contributed by atoms with Gasteiger partial charge in [-0.25, -0.2) is 13.5 Å². The van der Waals surface area contributed by atoms with Crippen LogP contribution in [0.5, 0.6) is 0 Å². The Morgan fingerprint density at radius 2 is 1.80 bits per heavy atom. The topological polar surface area (TPSA) is 43.8 Å². The van der Waals surface area contributed by atoms with E-state index in [1.165, 1.54) is 4.68 Å². The van der Waals surface area contributed by atoms with E-state index in [2.05, 4.69) is 5.10 Å². The third kappa shape index (κ3) is 1.94. The average Bonchev–Trinajstić information content (AvgIpc) is 2.82. The normalized spacial score (nSPS) is 10.9. The van der Waals surface area contributed by atoms with Crippen LogP contribution < -0.4 is 5.73 Å². The number of hydrogen-bond donors (Lipinski definition) is 1. The van der Waals surface area contributed by atoms with Crippen LogP contribution in [-0.4, -0.2) is 14.8 Å². The number of benzene rings is 2. The summed E-state index contributed by atoms with van der Waals surface area (Å²) in [6, 6.07) is 9.38. The minimum atomic E-state index is -0.762. The Hall–Kier alpha value is -2.34. The highest BCUT2D eigenvalue weighted by molar-refractivity contribution is 7.80. The maximum absolute atomic E-state index is 14.1. The van der Waals surface area contributed by atoms with Crippen molar-refractivity contribution in [1.82, 2.24) is 9.78 Å². The van der Waals surface area contributed by atoms with Crippen LogP contribution in [0.4, 0.5) is 8.78 Å². The van der Waals surface area contributed by atoms with Crippen molar-refractivity contribution in [3.05, 3.63) is 59.8 Å². The first-order valence-corrected chi connectivity index (χ1v) is 6.21. The first-order chi connectivity index (χ1) is 9.58. The van der Waals surface area contributed by atoms with Crippen LogP contribution in [0.15, 0.2) is 42.6 Å². The lowest BCUT2D eigenvalue weighted by Gasteiger charge is -2.08. The van der Waals surface area contributed by atoms with Gasteiger partial charge in [0.05, 0.1) is 11.7 Å². The van der Waals surface area contributed by atoms with Crippen molar-refractivity contribution < 1.29 is 8.78 Å². The fraction of sp³-hybridized carbons (Fsp3) is 0. The van der Waals surface area contributed by atoms with Gasteiger partial charge in [0.2, 0.25) is 0 Å². The highest BCUT2D eigenvalue weighted by Gasteiger charge is 2.16. The molecule has 3 aromatic rings. The molecule has 2 aromatic carbocycles. The van der Waals surface area contributed by atoms with E-state index in [4.69, 9.17) is 18.0 Å². The second kappa shape index (κ2) is 4.64. The van der Waals surface area contributed by atoms with Gasteiger partial charge < -0.3 is 5.73 Å². The summed E-state index contributed by atoms with van der Waals surface area (Å²) in [6.07, 6.45) is 1.55. The first kappa shape index (κ1) is 12.7. The van der Waals surface area contributed by atoms with Gasteiger partial charge in [-0.05, 0) is 18.2 Å². The Labute approximate surface area is 118 Å². The summed E-state index contributed by atoms with van der Waals surface area (Å²) in [4.78, 5) is -0.0559. The second-order valence-electron chi connectivity index (χ2n) is 4.27. The molecule has 20 heavy (non-hydrogen) atoms. The van der Waals surface area contributed by atoms with Crippen molar-refractivity contribution in [2.45, 2.75) is 0 Å². The van der Waals surface area contributed by atoms with Crippen LogP contribution in [0.25, 0.3) is 16.6 Å². The fourth-order valence-corrected chi connectivity index (χ4v) is 2.18. The van der Waals surface area contributed by atoms with Gasteiger partial charge in [-0.15, -0.1) is 0 Å². The number of halogens is 2. The molecule has 0 saturated heterocycles. The van der Waals surface area contributed by atoms with Crippen molar-refractivity contribution in [2.24, 2.45) is 5.73 Å². The minimum Gasteiger partial charge on any atom is -0.389 e. The molecular formula is C14H9F2N3S. The van der Waals surface area contributed by atoms with E-state index in [1.807, 2.05) is 12.1 Å². The van der Waals surface area contributed by atoms with Crippen LogP contribution in [0.2, 0.25) is 0 Å². The van der Waals surface area contributed by atoms with Gasteiger partial charge in [-0.2, -0.15) is 5.10 Å². The SMILES string of the molecule is NC(=S)c1cc(F)c(-n2ncc3ccccc32)c(F)c1. The van der Waals surface area contributed by atoms with E-state index in [9.17, 15) is 8.78 Å². The molecule has 0 saturated carbocycles. The summed E-state index contributed by atoms with van der Waals surface area (Å²) < 4.78 is 29.5. The Morgan fingerprint density at radius 3 is 2.45 bits per heavy atom. The Morgan fingerprint density at radius 1 is 1.15 bits per heavy atom. The van der Waals surface area contributed by atoms with Gasteiger partial charge in [-0.1, -0.05) is 30.4 Å². The molecule has 0 bridgehead atoms. The molecule has 0 spiro atoms. The highest BCUT2D eigenvalue weighted by Crippen LogP contribution is 2.24. The lowest BCUT2D eigenvalue weighted by molar-refractivity contribution is 0.562. The molecule has 1 heterocycles. The summed E-state index contributed by atoms with van der Waals surface area (Å²) in [5.41, 5.74) is 5.91.